The van der Waals surface area contributed by atoms with Gasteiger partial charge in [-0.1, -0.05) is 31.0 Å². The van der Waals surface area contributed by atoms with Crippen molar-refractivity contribution in [1.29, 1.82) is 0 Å². The van der Waals surface area contributed by atoms with Crippen LogP contribution in [0.25, 0.3) is 0 Å². The first-order valence-electron chi connectivity index (χ1n) is 6.52. The number of nitrogens with zero attached hydrogens (tertiary/aromatic N) is 1. The van der Waals surface area contributed by atoms with Gasteiger partial charge in [0.15, 0.2) is 0 Å². The van der Waals surface area contributed by atoms with Crippen LogP contribution in [0.1, 0.15) is 41.3 Å². The van der Waals surface area contributed by atoms with Gasteiger partial charge < -0.3 is 4.90 Å². The highest BCUT2D eigenvalue weighted by atomic mass is 35.5. The Bertz CT molecular complexity index is 403. The molecule has 0 spiro atoms. The Morgan fingerprint density at radius 2 is 2.00 bits per heavy atom. The Morgan fingerprint density at radius 1 is 1.28 bits per heavy atom. The largest absolute Gasteiger partial charge is 0.337 e. The highest BCUT2D eigenvalue weighted by Gasteiger charge is 2.16. The third-order valence-electron chi connectivity index (χ3n) is 3.04. The van der Waals surface area contributed by atoms with Crippen LogP contribution in [-0.2, 0) is 0 Å². The Balaban J connectivity index is 2.87. The van der Waals surface area contributed by atoms with Crippen LogP contribution in [0.4, 0.5) is 0 Å². The quantitative estimate of drug-likeness (QED) is 0.718. The second-order valence-corrected chi connectivity index (χ2v) is 5.03. The van der Waals surface area contributed by atoms with Crippen molar-refractivity contribution in [3.05, 3.63) is 34.9 Å². The maximum Gasteiger partial charge on any atom is 0.254 e. The van der Waals surface area contributed by atoms with Gasteiger partial charge in [0.2, 0.25) is 0 Å². The van der Waals surface area contributed by atoms with E-state index in [-0.39, 0.29) is 5.91 Å². The van der Waals surface area contributed by atoms with E-state index in [2.05, 4.69) is 6.92 Å². The zero-order chi connectivity index (χ0) is 13.5. The molecule has 0 radical (unpaired) electrons. The van der Waals surface area contributed by atoms with E-state index in [1.54, 1.807) is 0 Å². The molecule has 0 saturated carbocycles. The molecule has 1 aromatic rings. The molecule has 0 heterocycles. The minimum atomic E-state index is 0.0987. The second-order valence-electron chi connectivity index (χ2n) is 4.65. The minimum absolute atomic E-state index is 0.0987. The first-order chi connectivity index (χ1) is 8.60. The third kappa shape index (κ3) is 4.02. The number of rotatable bonds is 6. The molecule has 3 heteroatoms. The van der Waals surface area contributed by atoms with E-state index in [1.165, 1.54) is 5.56 Å². The van der Waals surface area contributed by atoms with Crippen LogP contribution < -0.4 is 0 Å². The van der Waals surface area contributed by atoms with Gasteiger partial charge in [-0.2, -0.15) is 0 Å². The van der Waals surface area contributed by atoms with E-state index < -0.39 is 0 Å². The van der Waals surface area contributed by atoms with Gasteiger partial charge >= 0.3 is 0 Å². The molecule has 0 aliphatic heterocycles. The van der Waals surface area contributed by atoms with Crippen molar-refractivity contribution in [3.63, 3.8) is 0 Å². The average Bonchev–Trinajstić information content (AvgIpc) is 2.33. The molecule has 1 aromatic carbocycles. The van der Waals surface area contributed by atoms with Gasteiger partial charge in [-0.3, -0.25) is 4.79 Å². The lowest BCUT2D eigenvalue weighted by Gasteiger charge is -2.22. The Labute approximate surface area is 115 Å². The standard InChI is InChI=1S/C15H22ClNO/c1-4-5-9-17(10-8-16)15(18)14-7-6-12(2)11-13(14)3/h6-7,11H,4-5,8-10H2,1-3H3. The predicted molar refractivity (Wildman–Crippen MR) is 77.4 cm³/mol. The van der Waals surface area contributed by atoms with Gasteiger partial charge in [0.25, 0.3) is 5.91 Å². The van der Waals surface area contributed by atoms with Crippen molar-refractivity contribution in [1.82, 2.24) is 4.90 Å². The summed E-state index contributed by atoms with van der Waals surface area (Å²) in [6, 6.07) is 5.95. The molecule has 0 bridgehead atoms. The zero-order valence-electron chi connectivity index (χ0n) is 11.5. The minimum Gasteiger partial charge on any atom is -0.337 e. The smallest absolute Gasteiger partial charge is 0.254 e. The van der Waals surface area contributed by atoms with Crippen LogP contribution in [0.5, 0.6) is 0 Å². The van der Waals surface area contributed by atoms with Gasteiger partial charge in [-0.15, -0.1) is 11.6 Å². The lowest BCUT2D eigenvalue weighted by molar-refractivity contribution is 0.0762. The Hall–Kier alpha value is -1.02. The number of hydrogen-bond donors (Lipinski definition) is 0. The van der Waals surface area contributed by atoms with Crippen LogP contribution in [0.15, 0.2) is 18.2 Å². The molecule has 0 unspecified atom stereocenters. The zero-order valence-corrected chi connectivity index (χ0v) is 12.3. The molecule has 0 aliphatic rings. The van der Waals surface area contributed by atoms with Gasteiger partial charge in [0.1, 0.15) is 0 Å². The summed E-state index contributed by atoms with van der Waals surface area (Å²) >= 11 is 5.78. The van der Waals surface area contributed by atoms with E-state index >= 15 is 0 Å². The molecule has 0 atom stereocenters. The van der Waals surface area contributed by atoms with E-state index in [1.807, 2.05) is 36.9 Å². The maximum absolute atomic E-state index is 12.4. The van der Waals surface area contributed by atoms with Gasteiger partial charge in [-0.05, 0) is 31.9 Å². The van der Waals surface area contributed by atoms with E-state index in [0.717, 1.165) is 30.5 Å². The van der Waals surface area contributed by atoms with Crippen LogP contribution in [-0.4, -0.2) is 29.8 Å². The van der Waals surface area contributed by atoms with Crippen LogP contribution >= 0.6 is 11.6 Å². The van der Waals surface area contributed by atoms with E-state index in [9.17, 15) is 4.79 Å². The van der Waals surface area contributed by atoms with E-state index in [4.69, 9.17) is 11.6 Å². The molecule has 100 valence electrons. The summed E-state index contributed by atoms with van der Waals surface area (Å²) in [7, 11) is 0. The fourth-order valence-corrected chi connectivity index (χ4v) is 2.19. The second kappa shape index (κ2) is 7.42. The van der Waals surface area contributed by atoms with Crippen LogP contribution in [0, 0.1) is 13.8 Å². The van der Waals surface area contributed by atoms with E-state index in [0.29, 0.717) is 12.4 Å². The molecule has 1 rings (SSSR count). The molecule has 0 saturated heterocycles. The summed E-state index contributed by atoms with van der Waals surface area (Å²) < 4.78 is 0. The summed E-state index contributed by atoms with van der Waals surface area (Å²) in [4.78, 5) is 14.3. The molecule has 0 N–H and O–H groups in total. The summed E-state index contributed by atoms with van der Waals surface area (Å²) in [5.74, 6) is 0.585. The Kier molecular flexibility index (Phi) is 6.20. The fraction of sp³-hybridized carbons (Fsp3) is 0.533. The molecule has 0 aromatic heterocycles. The number of unbranched alkanes of at least 4 members (excludes halogenated alkanes) is 1. The first-order valence-corrected chi connectivity index (χ1v) is 7.06. The number of alkyl halides is 1. The first kappa shape index (κ1) is 15.0. The summed E-state index contributed by atoms with van der Waals surface area (Å²) in [5, 5.41) is 0. The number of carbonyl (C=O) groups is 1. The maximum atomic E-state index is 12.4. The van der Waals surface area contributed by atoms with Crippen molar-refractivity contribution in [3.8, 4) is 0 Å². The number of carbonyl (C=O) groups excluding carboxylic acids is 1. The monoisotopic (exact) mass is 267 g/mol. The lowest BCUT2D eigenvalue weighted by Crippen LogP contribution is -2.34. The lowest BCUT2D eigenvalue weighted by atomic mass is 10.0. The summed E-state index contributed by atoms with van der Waals surface area (Å²) in [5.41, 5.74) is 3.01. The number of amides is 1. The normalized spacial score (nSPS) is 10.4. The molecule has 1 amide bonds. The summed E-state index contributed by atoms with van der Waals surface area (Å²) in [6.45, 7) is 7.55. The number of benzene rings is 1. The van der Waals surface area contributed by atoms with Crippen molar-refractivity contribution in [2.45, 2.75) is 33.6 Å². The Morgan fingerprint density at radius 3 is 2.56 bits per heavy atom. The van der Waals surface area contributed by atoms with Crippen molar-refractivity contribution in [2.75, 3.05) is 19.0 Å². The molecule has 0 aliphatic carbocycles. The third-order valence-corrected chi connectivity index (χ3v) is 3.20. The molecular formula is C15H22ClNO. The van der Waals surface area contributed by atoms with Gasteiger partial charge in [0, 0.05) is 24.5 Å². The number of hydrogen-bond acceptors (Lipinski definition) is 1. The predicted octanol–water partition coefficient (Wildman–Crippen LogP) is 3.78. The average molecular weight is 268 g/mol. The SMILES string of the molecule is CCCCN(CCCl)C(=O)c1ccc(C)cc1C. The van der Waals surface area contributed by atoms with Crippen LogP contribution in [0.3, 0.4) is 0 Å². The highest BCUT2D eigenvalue weighted by Crippen LogP contribution is 2.14. The molecule has 18 heavy (non-hydrogen) atoms. The molecular weight excluding hydrogens is 246 g/mol. The number of halogens is 1. The van der Waals surface area contributed by atoms with Crippen LogP contribution in [0.2, 0.25) is 0 Å². The highest BCUT2D eigenvalue weighted by molar-refractivity contribution is 6.18. The molecule has 2 nitrogen and oxygen atoms in total. The topological polar surface area (TPSA) is 20.3 Å². The number of aryl methyl sites for hydroxylation is 2. The van der Waals surface area contributed by atoms with Gasteiger partial charge in [0.05, 0.1) is 0 Å². The summed E-state index contributed by atoms with van der Waals surface area (Å²) in [6.07, 6.45) is 2.10. The van der Waals surface area contributed by atoms with Crippen molar-refractivity contribution in [2.24, 2.45) is 0 Å². The van der Waals surface area contributed by atoms with Crippen molar-refractivity contribution < 1.29 is 4.79 Å². The fourth-order valence-electron chi connectivity index (χ4n) is 1.99. The molecule has 0 fully saturated rings. The van der Waals surface area contributed by atoms with Gasteiger partial charge in [-0.25, -0.2) is 0 Å². The van der Waals surface area contributed by atoms with Crippen molar-refractivity contribution >= 4 is 17.5 Å².